The first-order valence-electron chi connectivity index (χ1n) is 3.47. The normalized spacial score (nSPS) is 18.9. The molecule has 0 radical (unpaired) electrons. The summed E-state index contributed by atoms with van der Waals surface area (Å²) in [6.45, 7) is -0.843. The van der Waals surface area contributed by atoms with Crippen LogP contribution in [0.5, 0.6) is 0 Å². The van der Waals surface area contributed by atoms with Gasteiger partial charge in [-0.1, -0.05) is 0 Å². The van der Waals surface area contributed by atoms with E-state index in [1.807, 2.05) is 0 Å². The summed E-state index contributed by atoms with van der Waals surface area (Å²) in [4.78, 5) is 10.1. The van der Waals surface area contributed by atoms with E-state index in [2.05, 4.69) is 0 Å². The first kappa shape index (κ1) is 17.3. The van der Waals surface area contributed by atoms with Crippen molar-refractivity contribution >= 4 is 5.97 Å². The van der Waals surface area contributed by atoms with Crippen molar-refractivity contribution in [3.63, 3.8) is 0 Å². The van der Waals surface area contributed by atoms with E-state index in [9.17, 15) is 4.79 Å². The van der Waals surface area contributed by atoms with Crippen LogP contribution in [-0.4, -0.2) is 67.6 Å². The molecule has 6 N–H and O–H groups in total. The Morgan fingerprint density at radius 2 is 1.50 bits per heavy atom. The van der Waals surface area contributed by atoms with Gasteiger partial charge in [0, 0.05) is 0 Å². The van der Waals surface area contributed by atoms with Gasteiger partial charge in [0.05, 0.1) is 6.61 Å². The standard InChI is InChI=1S/C6H12O7.K/c7-1-2(8)3(9)4(10)5(11)6(12)13;/h2-5,7-11H,1H2,(H,12,13);/q;+1/t2-,3-,4+,5-;/m1./s1. The maximum Gasteiger partial charge on any atom is 1.00 e. The molecule has 0 saturated heterocycles. The minimum atomic E-state index is -2.20. The average Bonchev–Trinajstić information content (AvgIpc) is 2.12. The summed E-state index contributed by atoms with van der Waals surface area (Å²) >= 11 is 0. The summed E-state index contributed by atoms with van der Waals surface area (Å²) in [6, 6.07) is 0. The fourth-order valence-corrected chi connectivity index (χ4v) is 0.668. The van der Waals surface area contributed by atoms with Crippen molar-refractivity contribution in [1.29, 1.82) is 0 Å². The molecule has 0 aromatic carbocycles. The Kier molecular flexibility index (Phi) is 10.0. The topological polar surface area (TPSA) is 138 Å². The molecule has 0 spiro atoms. The van der Waals surface area contributed by atoms with Crippen LogP contribution in [0.25, 0.3) is 0 Å². The fourth-order valence-electron chi connectivity index (χ4n) is 0.668. The molecular weight excluding hydrogens is 223 g/mol. The third kappa shape index (κ3) is 5.12. The number of aliphatic hydroxyl groups excluding tert-OH is 5. The summed E-state index contributed by atoms with van der Waals surface area (Å²) in [6.07, 6.45) is -7.84. The predicted octanol–water partition coefficient (Wildman–Crippen LogP) is -6.49. The molecule has 0 aromatic heterocycles. The van der Waals surface area contributed by atoms with Crippen LogP contribution in [-0.2, 0) is 4.79 Å². The Morgan fingerprint density at radius 3 is 1.79 bits per heavy atom. The SMILES string of the molecule is O=C(O)[C@H](O)[C@@H](O)[C@H](O)[C@H](O)CO.[K+]. The van der Waals surface area contributed by atoms with Gasteiger partial charge in [0.2, 0.25) is 0 Å². The van der Waals surface area contributed by atoms with Crippen molar-refractivity contribution < 1.29 is 86.8 Å². The number of carboxylic acid groups (broad SMARTS) is 1. The number of hydrogen-bond donors (Lipinski definition) is 6. The summed E-state index contributed by atoms with van der Waals surface area (Å²) in [5, 5.41) is 51.8. The van der Waals surface area contributed by atoms with Gasteiger partial charge in [-0.25, -0.2) is 4.79 Å². The summed E-state index contributed by atoms with van der Waals surface area (Å²) < 4.78 is 0. The molecule has 7 nitrogen and oxygen atoms in total. The van der Waals surface area contributed by atoms with Gasteiger partial charge in [0.15, 0.2) is 6.10 Å². The van der Waals surface area contributed by atoms with Crippen LogP contribution >= 0.6 is 0 Å². The Balaban J connectivity index is 0. The van der Waals surface area contributed by atoms with Crippen molar-refractivity contribution in [2.24, 2.45) is 0 Å². The molecule has 14 heavy (non-hydrogen) atoms. The molecule has 0 unspecified atom stereocenters. The Morgan fingerprint density at radius 1 is 1.07 bits per heavy atom. The van der Waals surface area contributed by atoms with Crippen LogP contribution in [0.1, 0.15) is 0 Å². The van der Waals surface area contributed by atoms with Crippen molar-refractivity contribution in [2.45, 2.75) is 24.4 Å². The Bertz CT molecular complexity index is 176. The van der Waals surface area contributed by atoms with Gasteiger partial charge >= 0.3 is 57.4 Å². The van der Waals surface area contributed by atoms with Gasteiger partial charge in [0.25, 0.3) is 0 Å². The average molecular weight is 235 g/mol. The number of aliphatic hydroxyl groups is 5. The first-order chi connectivity index (χ1) is 5.91. The van der Waals surface area contributed by atoms with E-state index >= 15 is 0 Å². The van der Waals surface area contributed by atoms with Crippen molar-refractivity contribution in [2.75, 3.05) is 6.61 Å². The van der Waals surface area contributed by atoms with E-state index in [0.29, 0.717) is 0 Å². The van der Waals surface area contributed by atoms with E-state index in [0.717, 1.165) is 0 Å². The van der Waals surface area contributed by atoms with Crippen LogP contribution in [0.3, 0.4) is 0 Å². The van der Waals surface area contributed by atoms with Crippen LogP contribution in [0.15, 0.2) is 0 Å². The molecule has 0 fully saturated rings. The summed E-state index contributed by atoms with van der Waals surface area (Å²) in [5.74, 6) is -1.73. The molecule has 0 heterocycles. The van der Waals surface area contributed by atoms with E-state index in [-0.39, 0.29) is 51.4 Å². The second kappa shape index (κ2) is 8.10. The molecule has 0 aromatic rings. The van der Waals surface area contributed by atoms with Crippen LogP contribution < -0.4 is 51.4 Å². The molecule has 78 valence electrons. The molecule has 0 aliphatic heterocycles. The predicted molar refractivity (Wildman–Crippen MR) is 38.7 cm³/mol. The van der Waals surface area contributed by atoms with E-state index in [4.69, 9.17) is 30.6 Å². The Hall–Kier alpha value is 0.906. The molecule has 0 amide bonds. The molecule has 0 rings (SSSR count). The summed E-state index contributed by atoms with van der Waals surface area (Å²) in [5.41, 5.74) is 0. The number of carbonyl (C=O) groups is 1. The van der Waals surface area contributed by atoms with Crippen molar-refractivity contribution in [3.05, 3.63) is 0 Å². The number of rotatable bonds is 5. The molecule has 0 aliphatic carbocycles. The number of hydrogen-bond acceptors (Lipinski definition) is 6. The molecule has 8 heteroatoms. The fraction of sp³-hybridized carbons (Fsp3) is 0.833. The molecule has 0 aliphatic rings. The number of aliphatic carboxylic acids is 1. The van der Waals surface area contributed by atoms with E-state index < -0.39 is 37.0 Å². The third-order valence-electron chi connectivity index (χ3n) is 1.51. The maximum atomic E-state index is 10.1. The quantitative estimate of drug-likeness (QED) is 0.260. The largest absolute Gasteiger partial charge is 1.00 e. The van der Waals surface area contributed by atoms with E-state index in [1.54, 1.807) is 0 Å². The third-order valence-corrected chi connectivity index (χ3v) is 1.51. The second-order valence-electron chi connectivity index (χ2n) is 2.51. The molecule has 4 atom stereocenters. The van der Waals surface area contributed by atoms with Crippen molar-refractivity contribution in [3.8, 4) is 0 Å². The zero-order chi connectivity index (χ0) is 10.6. The zero-order valence-electron chi connectivity index (χ0n) is 7.61. The smallest absolute Gasteiger partial charge is 0.479 e. The van der Waals surface area contributed by atoms with Crippen LogP contribution in [0, 0.1) is 0 Å². The van der Waals surface area contributed by atoms with Gasteiger partial charge < -0.3 is 30.6 Å². The van der Waals surface area contributed by atoms with E-state index in [1.165, 1.54) is 0 Å². The maximum absolute atomic E-state index is 10.1. The zero-order valence-corrected chi connectivity index (χ0v) is 10.7. The second-order valence-corrected chi connectivity index (χ2v) is 2.51. The molecular formula is C6H12KO7+. The van der Waals surface area contributed by atoms with Gasteiger partial charge in [-0.3, -0.25) is 0 Å². The minimum absolute atomic E-state index is 0. The monoisotopic (exact) mass is 235 g/mol. The van der Waals surface area contributed by atoms with Gasteiger partial charge in [-0.05, 0) is 0 Å². The van der Waals surface area contributed by atoms with Crippen LogP contribution in [0.2, 0.25) is 0 Å². The first-order valence-corrected chi connectivity index (χ1v) is 3.47. The van der Waals surface area contributed by atoms with Crippen LogP contribution in [0.4, 0.5) is 0 Å². The molecule has 0 bridgehead atoms. The minimum Gasteiger partial charge on any atom is -0.479 e. The van der Waals surface area contributed by atoms with Gasteiger partial charge in [-0.15, -0.1) is 0 Å². The Labute approximate surface area is 122 Å². The number of carboxylic acids is 1. The molecule has 0 saturated carbocycles. The van der Waals surface area contributed by atoms with Crippen molar-refractivity contribution in [1.82, 2.24) is 0 Å². The van der Waals surface area contributed by atoms with Gasteiger partial charge in [-0.2, -0.15) is 0 Å². The summed E-state index contributed by atoms with van der Waals surface area (Å²) in [7, 11) is 0. The van der Waals surface area contributed by atoms with Gasteiger partial charge in [0.1, 0.15) is 18.3 Å².